The summed E-state index contributed by atoms with van der Waals surface area (Å²) in [7, 11) is 0. The summed E-state index contributed by atoms with van der Waals surface area (Å²) in [6.07, 6.45) is 1.13. The summed E-state index contributed by atoms with van der Waals surface area (Å²) >= 11 is 1.62. The summed E-state index contributed by atoms with van der Waals surface area (Å²) in [6.45, 7) is 3.88. The number of hydrogen-bond acceptors (Lipinski definition) is 2. The molecule has 1 aromatic heterocycles. The topological polar surface area (TPSA) is 20.3 Å². The van der Waals surface area contributed by atoms with Crippen molar-refractivity contribution < 1.29 is 4.79 Å². The fraction of sp³-hybridized carbons (Fsp3) is 0.211. The third-order valence-corrected chi connectivity index (χ3v) is 5.64. The van der Waals surface area contributed by atoms with Crippen LogP contribution in [0.25, 0.3) is 21.2 Å². The number of rotatable bonds is 2. The fourth-order valence-electron chi connectivity index (χ4n) is 2.90. The molecule has 2 heterocycles. The zero-order valence-electron chi connectivity index (χ0n) is 12.5. The number of nitrogens with zero attached hydrogens (tertiary/aromatic N) is 1. The maximum Gasteiger partial charge on any atom is 0.264 e. The Hall–Kier alpha value is -2.13. The van der Waals surface area contributed by atoms with Crippen molar-refractivity contribution in [3.05, 3.63) is 59.0 Å². The lowest BCUT2D eigenvalue weighted by Crippen LogP contribution is -2.41. The number of fused-ring (bicyclic) bond motifs is 1. The van der Waals surface area contributed by atoms with Gasteiger partial charge in [0.2, 0.25) is 0 Å². The molecule has 0 aliphatic carbocycles. The number of carbonyl (C=O) groups is 1. The van der Waals surface area contributed by atoms with Crippen molar-refractivity contribution in [3.8, 4) is 11.1 Å². The molecule has 0 unspecified atom stereocenters. The van der Waals surface area contributed by atoms with Gasteiger partial charge in [0.05, 0.1) is 4.88 Å². The molecular weight excluding hydrogens is 290 g/mol. The van der Waals surface area contributed by atoms with Gasteiger partial charge in [0.15, 0.2) is 0 Å². The molecule has 1 amide bonds. The van der Waals surface area contributed by atoms with Crippen molar-refractivity contribution in [2.75, 3.05) is 13.1 Å². The number of thiophene rings is 1. The minimum Gasteiger partial charge on any atom is -0.338 e. The highest BCUT2D eigenvalue weighted by Gasteiger charge is 2.25. The van der Waals surface area contributed by atoms with Crippen molar-refractivity contribution in [1.29, 1.82) is 0 Å². The molecule has 1 saturated heterocycles. The van der Waals surface area contributed by atoms with Gasteiger partial charge in [-0.2, -0.15) is 0 Å². The summed E-state index contributed by atoms with van der Waals surface area (Å²) in [4.78, 5) is 15.4. The maximum atomic E-state index is 12.5. The monoisotopic (exact) mass is 307 g/mol. The third-order valence-electron chi connectivity index (χ3n) is 4.38. The van der Waals surface area contributed by atoms with Gasteiger partial charge in [-0.05, 0) is 47.6 Å². The fourth-order valence-corrected chi connectivity index (χ4v) is 4.06. The van der Waals surface area contributed by atoms with Crippen molar-refractivity contribution in [3.63, 3.8) is 0 Å². The molecule has 3 aromatic rings. The van der Waals surface area contributed by atoms with Crippen LogP contribution >= 0.6 is 11.3 Å². The van der Waals surface area contributed by atoms with E-state index in [4.69, 9.17) is 0 Å². The average molecular weight is 307 g/mol. The Morgan fingerprint density at radius 3 is 2.50 bits per heavy atom. The van der Waals surface area contributed by atoms with E-state index in [-0.39, 0.29) is 5.91 Å². The lowest BCUT2D eigenvalue weighted by molar-refractivity contribution is 0.0656. The zero-order valence-corrected chi connectivity index (χ0v) is 13.3. The second-order valence-electron chi connectivity index (χ2n) is 5.78. The van der Waals surface area contributed by atoms with Gasteiger partial charge >= 0.3 is 0 Å². The highest BCUT2D eigenvalue weighted by molar-refractivity contribution is 7.21. The molecule has 110 valence electrons. The first kappa shape index (κ1) is 13.5. The van der Waals surface area contributed by atoms with Crippen LogP contribution in [-0.4, -0.2) is 23.9 Å². The Morgan fingerprint density at radius 2 is 1.82 bits per heavy atom. The van der Waals surface area contributed by atoms with Gasteiger partial charge < -0.3 is 4.90 Å². The van der Waals surface area contributed by atoms with E-state index in [1.165, 1.54) is 21.2 Å². The molecule has 22 heavy (non-hydrogen) atoms. The molecule has 2 aromatic carbocycles. The number of likely N-dealkylation sites (tertiary alicyclic amines) is 1. The normalized spacial score (nSPS) is 14.1. The molecule has 0 atom stereocenters. The number of hydrogen-bond donors (Lipinski definition) is 0. The van der Waals surface area contributed by atoms with Crippen LogP contribution in [0.2, 0.25) is 0 Å². The second kappa shape index (κ2) is 5.25. The quantitative estimate of drug-likeness (QED) is 0.670. The van der Waals surface area contributed by atoms with E-state index in [1.807, 2.05) is 11.0 Å². The summed E-state index contributed by atoms with van der Waals surface area (Å²) in [5.74, 6) is 0.200. The first-order valence-corrected chi connectivity index (χ1v) is 8.43. The molecule has 1 fully saturated rings. The number of amides is 1. The van der Waals surface area contributed by atoms with Gasteiger partial charge in [0, 0.05) is 17.8 Å². The molecule has 1 aliphatic heterocycles. The minimum absolute atomic E-state index is 0.200. The molecule has 0 saturated carbocycles. The van der Waals surface area contributed by atoms with Gasteiger partial charge in [-0.25, -0.2) is 0 Å². The molecule has 2 nitrogen and oxygen atoms in total. The highest BCUT2D eigenvalue weighted by atomic mass is 32.1. The smallest absolute Gasteiger partial charge is 0.264 e. The van der Waals surface area contributed by atoms with Gasteiger partial charge in [0.25, 0.3) is 5.91 Å². The van der Waals surface area contributed by atoms with Crippen LogP contribution in [-0.2, 0) is 0 Å². The summed E-state index contributed by atoms with van der Waals surface area (Å²) in [5.41, 5.74) is 3.54. The maximum absolute atomic E-state index is 12.5. The van der Waals surface area contributed by atoms with E-state index >= 15 is 0 Å². The predicted octanol–water partition coefficient (Wildman–Crippen LogP) is 4.72. The molecule has 0 radical (unpaired) electrons. The molecule has 0 spiro atoms. The highest BCUT2D eigenvalue weighted by Crippen LogP contribution is 2.35. The number of benzene rings is 2. The average Bonchev–Trinajstić information content (AvgIpc) is 2.83. The molecule has 0 N–H and O–H groups in total. The van der Waals surface area contributed by atoms with Crippen LogP contribution < -0.4 is 0 Å². The minimum atomic E-state index is 0.200. The molecule has 3 heteroatoms. The van der Waals surface area contributed by atoms with Crippen molar-refractivity contribution >= 4 is 27.3 Å². The molecule has 4 rings (SSSR count). The zero-order chi connectivity index (χ0) is 15.1. The first-order chi connectivity index (χ1) is 10.7. The number of carbonyl (C=O) groups excluding carboxylic acids is 1. The van der Waals surface area contributed by atoms with Crippen LogP contribution in [0.15, 0.2) is 48.5 Å². The number of aryl methyl sites for hydroxylation is 1. The largest absolute Gasteiger partial charge is 0.338 e. The van der Waals surface area contributed by atoms with Crippen LogP contribution in [0.4, 0.5) is 0 Å². The van der Waals surface area contributed by atoms with Crippen molar-refractivity contribution in [2.24, 2.45) is 0 Å². The van der Waals surface area contributed by atoms with E-state index in [0.717, 1.165) is 30.0 Å². The SMILES string of the molecule is Cc1c(C(=O)N2CCC2)sc2ccc(-c3ccccc3)cc12. The van der Waals surface area contributed by atoms with Crippen molar-refractivity contribution in [1.82, 2.24) is 4.90 Å². The van der Waals surface area contributed by atoms with Gasteiger partial charge in [-0.15, -0.1) is 11.3 Å². The Balaban J connectivity index is 1.80. The Kier molecular flexibility index (Phi) is 3.23. The van der Waals surface area contributed by atoms with Gasteiger partial charge in [-0.1, -0.05) is 36.4 Å². The van der Waals surface area contributed by atoms with Crippen LogP contribution in [0.5, 0.6) is 0 Å². The predicted molar refractivity (Wildman–Crippen MR) is 92.5 cm³/mol. The molecule has 1 aliphatic rings. The van der Waals surface area contributed by atoms with Crippen LogP contribution in [0.1, 0.15) is 21.7 Å². The molecular formula is C19H17NOS. The van der Waals surface area contributed by atoms with E-state index < -0.39 is 0 Å². The summed E-state index contributed by atoms with van der Waals surface area (Å²) in [6, 6.07) is 16.9. The molecule has 0 bridgehead atoms. The van der Waals surface area contributed by atoms with E-state index in [2.05, 4.69) is 49.4 Å². The lowest BCUT2D eigenvalue weighted by atomic mass is 10.0. The van der Waals surface area contributed by atoms with E-state index in [1.54, 1.807) is 11.3 Å². The third kappa shape index (κ3) is 2.13. The standard InChI is InChI=1S/C19H17NOS/c1-13-16-12-15(14-6-3-2-4-7-14)8-9-17(16)22-18(13)19(21)20-10-5-11-20/h2-4,6-9,12H,5,10-11H2,1H3. The Bertz CT molecular complexity index is 847. The van der Waals surface area contributed by atoms with Crippen molar-refractivity contribution in [2.45, 2.75) is 13.3 Å². The lowest BCUT2D eigenvalue weighted by Gasteiger charge is -2.30. The van der Waals surface area contributed by atoms with Crippen LogP contribution in [0, 0.1) is 6.92 Å². The van der Waals surface area contributed by atoms with Gasteiger partial charge in [-0.3, -0.25) is 4.79 Å². The first-order valence-electron chi connectivity index (χ1n) is 7.62. The second-order valence-corrected chi connectivity index (χ2v) is 6.83. The Morgan fingerprint density at radius 1 is 1.05 bits per heavy atom. The van der Waals surface area contributed by atoms with E-state index in [9.17, 15) is 4.79 Å². The summed E-state index contributed by atoms with van der Waals surface area (Å²) in [5, 5.41) is 1.20. The summed E-state index contributed by atoms with van der Waals surface area (Å²) < 4.78 is 1.20. The van der Waals surface area contributed by atoms with E-state index in [0.29, 0.717) is 0 Å². The van der Waals surface area contributed by atoms with Gasteiger partial charge in [0.1, 0.15) is 0 Å². The van der Waals surface area contributed by atoms with Crippen LogP contribution in [0.3, 0.4) is 0 Å². The Labute approximate surface area is 134 Å².